The zero-order valence-electron chi connectivity index (χ0n) is 32.9. The summed E-state index contributed by atoms with van der Waals surface area (Å²) >= 11 is 0. The fraction of sp³-hybridized carbons (Fsp3) is 0. The maximum atomic E-state index is 5.05. The van der Waals surface area contributed by atoms with E-state index in [9.17, 15) is 0 Å². The van der Waals surface area contributed by atoms with E-state index in [4.69, 9.17) is 19.9 Å². The van der Waals surface area contributed by atoms with Gasteiger partial charge in [0.15, 0.2) is 0 Å². The van der Waals surface area contributed by atoms with Crippen LogP contribution in [0.2, 0.25) is 0 Å². The topological polar surface area (TPSA) is 63.8 Å². The summed E-state index contributed by atoms with van der Waals surface area (Å²) in [4.78, 5) is 19.7. The number of hydrogen-bond donors (Lipinski definition) is 0. The average molecular weight is 830 g/mol. The van der Waals surface area contributed by atoms with Crippen LogP contribution in [-0.2, 0) is 19.5 Å². The van der Waals surface area contributed by atoms with Crippen LogP contribution in [0.25, 0.3) is 120 Å². The Labute approximate surface area is 361 Å². The van der Waals surface area contributed by atoms with E-state index >= 15 is 0 Å². The quantitative estimate of drug-likeness (QED) is 0.163. The van der Waals surface area contributed by atoms with Gasteiger partial charge in [-0.15, -0.1) is 22.1 Å². The fourth-order valence-electron chi connectivity index (χ4n) is 9.64. The number of aromatic nitrogens is 6. The van der Waals surface area contributed by atoms with Crippen LogP contribution in [0.4, 0.5) is 0 Å². The summed E-state index contributed by atoms with van der Waals surface area (Å²) in [5.41, 5.74) is 13.0. The minimum absolute atomic E-state index is 0. The van der Waals surface area contributed by atoms with E-state index in [2.05, 4.69) is 167 Å². The molecule has 280 valence electrons. The molecule has 0 radical (unpaired) electrons. The Kier molecular flexibility index (Phi) is 7.96. The standard InChI is InChI=1S/2C27H16N3.Zn/c2*1-2-7-18(8-3-1)30-22-15-13-17-12-14-20-19-9-4-5-10-21(19)29-26(20)24(17)25(22)27-23(30)11-6-16-28-27;/h2*1-16H;/q2*-1;+2. The molecular weight excluding hydrogens is 798 g/mol. The number of rotatable bonds is 2. The van der Waals surface area contributed by atoms with Gasteiger partial charge in [-0.2, -0.15) is 0 Å². The normalized spacial score (nSPS) is 11.8. The van der Waals surface area contributed by atoms with Crippen molar-refractivity contribution in [2.24, 2.45) is 0 Å². The Morgan fingerprint density at radius 3 is 1.20 bits per heavy atom. The Morgan fingerprint density at radius 1 is 0.328 bits per heavy atom. The van der Waals surface area contributed by atoms with E-state index in [1.54, 1.807) is 0 Å². The molecule has 6 nitrogen and oxygen atoms in total. The third-order valence-electron chi connectivity index (χ3n) is 12.2. The van der Waals surface area contributed by atoms with E-state index in [1.807, 2.05) is 36.7 Å². The van der Waals surface area contributed by atoms with Gasteiger partial charge in [0.05, 0.1) is 33.1 Å². The molecule has 0 atom stereocenters. The van der Waals surface area contributed by atoms with Gasteiger partial charge in [-0.3, -0.25) is 9.97 Å². The minimum atomic E-state index is 0. The molecule has 0 aliphatic carbocycles. The maximum Gasteiger partial charge on any atom is 2.00 e. The van der Waals surface area contributed by atoms with Gasteiger partial charge in [0.1, 0.15) is 0 Å². The largest absolute Gasteiger partial charge is 2.00 e. The second kappa shape index (κ2) is 13.7. The van der Waals surface area contributed by atoms with Gasteiger partial charge < -0.3 is 19.1 Å². The van der Waals surface area contributed by atoms with Crippen LogP contribution < -0.4 is 9.97 Å². The monoisotopic (exact) mass is 828 g/mol. The molecule has 14 rings (SSSR count). The van der Waals surface area contributed by atoms with Gasteiger partial charge in [-0.25, -0.2) is 0 Å². The minimum Gasteiger partial charge on any atom is -0.656 e. The van der Waals surface area contributed by atoms with Crippen molar-refractivity contribution in [2.45, 2.75) is 0 Å². The fourth-order valence-corrected chi connectivity index (χ4v) is 9.64. The Hall–Kier alpha value is -7.60. The predicted octanol–water partition coefficient (Wildman–Crippen LogP) is 13.2. The van der Waals surface area contributed by atoms with Gasteiger partial charge >= 0.3 is 19.5 Å². The summed E-state index contributed by atoms with van der Waals surface area (Å²) in [5.74, 6) is 0. The van der Waals surface area contributed by atoms with Crippen molar-refractivity contribution in [3.63, 3.8) is 0 Å². The average Bonchev–Trinajstić information content (AvgIpc) is 4.07. The van der Waals surface area contributed by atoms with Crippen LogP contribution in [0, 0.1) is 0 Å². The van der Waals surface area contributed by atoms with Crippen molar-refractivity contribution in [3.8, 4) is 11.4 Å². The molecule has 0 N–H and O–H groups in total. The molecule has 8 aromatic carbocycles. The zero-order chi connectivity index (χ0) is 39.3. The van der Waals surface area contributed by atoms with E-state index in [-0.39, 0.29) is 19.5 Å². The second-order valence-electron chi connectivity index (χ2n) is 15.4. The van der Waals surface area contributed by atoms with Crippen LogP contribution in [-0.4, -0.2) is 19.1 Å². The Morgan fingerprint density at radius 2 is 0.738 bits per heavy atom. The summed E-state index contributed by atoms with van der Waals surface area (Å²) in [6, 6.07) is 63.7. The van der Waals surface area contributed by atoms with Gasteiger partial charge in [0.2, 0.25) is 0 Å². The third kappa shape index (κ3) is 5.17. The number of pyridine rings is 2. The molecule has 6 heterocycles. The number of fused-ring (bicyclic) bond motifs is 18. The molecule has 0 saturated carbocycles. The molecule has 0 bridgehead atoms. The second-order valence-corrected chi connectivity index (χ2v) is 15.4. The molecule has 0 aliphatic rings. The number of hydrogen-bond acceptors (Lipinski definition) is 2. The predicted molar refractivity (Wildman–Crippen MR) is 249 cm³/mol. The molecule has 0 unspecified atom stereocenters. The molecule has 0 fully saturated rings. The van der Waals surface area contributed by atoms with Gasteiger partial charge in [-0.05, 0) is 104 Å². The summed E-state index contributed by atoms with van der Waals surface area (Å²) in [6.45, 7) is 0. The first-order valence-corrected chi connectivity index (χ1v) is 20.2. The van der Waals surface area contributed by atoms with E-state index in [0.717, 1.165) is 66.5 Å². The van der Waals surface area contributed by atoms with E-state index in [0.29, 0.717) is 0 Å². The Bertz CT molecular complexity index is 3740. The number of para-hydroxylation sites is 4. The zero-order valence-corrected chi connectivity index (χ0v) is 35.8. The molecule has 0 spiro atoms. The molecule has 0 amide bonds. The van der Waals surface area contributed by atoms with Crippen LogP contribution in [0.3, 0.4) is 0 Å². The van der Waals surface area contributed by atoms with Crippen molar-refractivity contribution in [2.75, 3.05) is 0 Å². The SMILES string of the molecule is [Zn+2].c1ccc(-n2c3cccnc3c3c4c(ccc5c6ccccc6[n-]c54)ccc32)cc1.c1ccc(-n2c3cccnc3c3c4c(ccc5c6ccccc6[n-]c54)ccc32)cc1. The molecule has 7 heteroatoms. The van der Waals surface area contributed by atoms with Gasteiger partial charge in [0, 0.05) is 34.5 Å². The summed E-state index contributed by atoms with van der Waals surface area (Å²) in [5, 5.41) is 11.9. The molecule has 0 saturated heterocycles. The summed E-state index contributed by atoms with van der Waals surface area (Å²) in [6.07, 6.45) is 3.76. The number of nitrogens with zero attached hydrogens (tertiary/aromatic N) is 6. The molecule has 61 heavy (non-hydrogen) atoms. The first-order valence-electron chi connectivity index (χ1n) is 20.2. The first-order chi connectivity index (χ1) is 29.8. The van der Waals surface area contributed by atoms with E-state index in [1.165, 1.54) is 53.9 Å². The molecule has 14 aromatic rings. The van der Waals surface area contributed by atoms with Crippen LogP contribution in [0.5, 0.6) is 0 Å². The smallest absolute Gasteiger partial charge is 0.656 e. The molecular formula is C54H32N6Zn. The van der Waals surface area contributed by atoms with Crippen molar-refractivity contribution in [1.29, 1.82) is 0 Å². The first kappa shape index (κ1) is 35.4. The summed E-state index contributed by atoms with van der Waals surface area (Å²) in [7, 11) is 0. The van der Waals surface area contributed by atoms with Crippen LogP contribution in [0.15, 0.2) is 194 Å². The summed E-state index contributed by atoms with van der Waals surface area (Å²) < 4.78 is 4.61. The van der Waals surface area contributed by atoms with Crippen molar-refractivity contribution >= 4 is 109 Å². The number of benzene rings is 8. The van der Waals surface area contributed by atoms with Crippen molar-refractivity contribution in [3.05, 3.63) is 194 Å². The Balaban J connectivity index is 0.000000129. The van der Waals surface area contributed by atoms with Crippen LogP contribution in [0.1, 0.15) is 0 Å². The molecule has 0 aliphatic heterocycles. The van der Waals surface area contributed by atoms with Gasteiger partial charge in [-0.1, -0.05) is 121 Å². The van der Waals surface area contributed by atoms with E-state index < -0.39 is 0 Å². The van der Waals surface area contributed by atoms with Crippen molar-refractivity contribution < 1.29 is 19.5 Å². The molecule has 6 aromatic heterocycles. The van der Waals surface area contributed by atoms with Crippen LogP contribution >= 0.6 is 0 Å². The third-order valence-corrected chi connectivity index (χ3v) is 12.2. The van der Waals surface area contributed by atoms with Gasteiger partial charge in [0.25, 0.3) is 0 Å². The maximum absolute atomic E-state index is 5.05. The van der Waals surface area contributed by atoms with Crippen molar-refractivity contribution in [1.82, 2.24) is 29.1 Å².